The first-order valence-corrected chi connectivity index (χ1v) is 9.98. The number of nitrogens with one attached hydrogen (secondary N) is 1. The summed E-state index contributed by atoms with van der Waals surface area (Å²) in [6.07, 6.45) is 0.805. The summed E-state index contributed by atoms with van der Waals surface area (Å²) < 4.78 is 16.0. The van der Waals surface area contributed by atoms with E-state index < -0.39 is 0 Å². The van der Waals surface area contributed by atoms with Crippen molar-refractivity contribution in [1.82, 2.24) is 15.1 Å². The van der Waals surface area contributed by atoms with Crippen molar-refractivity contribution in [3.63, 3.8) is 0 Å². The van der Waals surface area contributed by atoms with Crippen LogP contribution in [0.5, 0.6) is 17.2 Å². The number of hydrogen-bond acceptors (Lipinski definition) is 5. The highest BCUT2D eigenvalue weighted by molar-refractivity contribution is 5.74. The third-order valence-corrected chi connectivity index (χ3v) is 5.35. The summed E-state index contributed by atoms with van der Waals surface area (Å²) in [7, 11) is 1.66. The zero-order valence-electron chi connectivity index (χ0n) is 16.7. The van der Waals surface area contributed by atoms with Crippen molar-refractivity contribution in [2.24, 2.45) is 0 Å². The molecule has 0 saturated carbocycles. The van der Waals surface area contributed by atoms with Gasteiger partial charge in [-0.15, -0.1) is 0 Å². The molecule has 0 unspecified atom stereocenters. The number of rotatable bonds is 6. The zero-order chi connectivity index (χ0) is 20.1. The maximum atomic E-state index is 12.4. The molecule has 2 aromatic carbocycles. The molecule has 2 amide bonds. The molecule has 0 aromatic heterocycles. The van der Waals surface area contributed by atoms with Gasteiger partial charge in [0, 0.05) is 39.3 Å². The lowest BCUT2D eigenvalue weighted by Gasteiger charge is -2.34. The Labute approximate surface area is 171 Å². The van der Waals surface area contributed by atoms with Gasteiger partial charge in [-0.1, -0.05) is 18.2 Å². The molecule has 0 radical (unpaired) electrons. The molecule has 2 aliphatic heterocycles. The highest BCUT2D eigenvalue weighted by Crippen LogP contribution is 2.32. The van der Waals surface area contributed by atoms with E-state index in [9.17, 15) is 4.79 Å². The fourth-order valence-corrected chi connectivity index (χ4v) is 3.62. The van der Waals surface area contributed by atoms with Gasteiger partial charge in [-0.3, -0.25) is 4.90 Å². The summed E-state index contributed by atoms with van der Waals surface area (Å²) in [6.45, 7) is 4.97. The van der Waals surface area contributed by atoms with Crippen LogP contribution in [0.4, 0.5) is 4.79 Å². The van der Waals surface area contributed by atoms with E-state index in [1.165, 1.54) is 11.1 Å². The van der Waals surface area contributed by atoms with E-state index in [1.807, 2.05) is 41.3 Å². The van der Waals surface area contributed by atoms with Crippen LogP contribution in [-0.4, -0.2) is 62.5 Å². The lowest BCUT2D eigenvalue weighted by atomic mass is 10.1. The molecule has 2 heterocycles. The van der Waals surface area contributed by atoms with Gasteiger partial charge in [0.05, 0.1) is 7.11 Å². The topological polar surface area (TPSA) is 63.3 Å². The van der Waals surface area contributed by atoms with Crippen LogP contribution in [0.25, 0.3) is 0 Å². The van der Waals surface area contributed by atoms with Crippen LogP contribution in [0.15, 0.2) is 42.5 Å². The quantitative estimate of drug-likeness (QED) is 0.812. The number of nitrogens with zero attached hydrogens (tertiary/aromatic N) is 2. The second kappa shape index (κ2) is 9.05. The van der Waals surface area contributed by atoms with Crippen LogP contribution in [0.3, 0.4) is 0 Å². The molecule has 154 valence electrons. The molecule has 7 heteroatoms. The number of carbonyl (C=O) groups excluding carboxylic acids is 1. The van der Waals surface area contributed by atoms with Crippen LogP contribution in [0, 0.1) is 0 Å². The highest BCUT2D eigenvalue weighted by atomic mass is 16.7. The molecular formula is C22H27N3O4. The number of fused-ring (bicyclic) bond motifs is 1. The van der Waals surface area contributed by atoms with Gasteiger partial charge in [-0.25, -0.2) is 4.79 Å². The van der Waals surface area contributed by atoms with Crippen LogP contribution in [-0.2, 0) is 13.0 Å². The Bertz CT molecular complexity index is 832. The van der Waals surface area contributed by atoms with Gasteiger partial charge in [0.1, 0.15) is 5.75 Å². The van der Waals surface area contributed by atoms with Crippen LogP contribution >= 0.6 is 0 Å². The van der Waals surface area contributed by atoms with Gasteiger partial charge in [-0.05, 0) is 41.8 Å². The van der Waals surface area contributed by atoms with Crippen molar-refractivity contribution in [1.29, 1.82) is 0 Å². The smallest absolute Gasteiger partial charge is 0.317 e. The average Bonchev–Trinajstić information content (AvgIpc) is 3.22. The monoisotopic (exact) mass is 397 g/mol. The van der Waals surface area contributed by atoms with Gasteiger partial charge in [0.15, 0.2) is 11.5 Å². The number of benzene rings is 2. The summed E-state index contributed by atoms with van der Waals surface area (Å²) >= 11 is 0. The van der Waals surface area contributed by atoms with E-state index in [-0.39, 0.29) is 6.03 Å². The Morgan fingerprint density at radius 3 is 2.48 bits per heavy atom. The van der Waals surface area contributed by atoms with Crippen LogP contribution < -0.4 is 19.5 Å². The standard InChI is InChI=1S/C22H27N3O4/c1-27-19-5-2-17(3-6-19)8-9-23-22(26)25-12-10-24(11-13-25)15-18-4-7-20-21(14-18)29-16-28-20/h2-7,14H,8-13,15-16H2,1H3,(H,23,26). The van der Waals surface area contributed by atoms with Crippen molar-refractivity contribution < 1.29 is 19.0 Å². The summed E-state index contributed by atoms with van der Waals surface area (Å²) in [5, 5.41) is 3.03. The molecule has 0 aliphatic carbocycles. The molecule has 1 fully saturated rings. The van der Waals surface area contributed by atoms with Crippen molar-refractivity contribution in [2.45, 2.75) is 13.0 Å². The average molecular weight is 397 g/mol. The van der Waals surface area contributed by atoms with E-state index in [0.717, 1.165) is 56.4 Å². The summed E-state index contributed by atoms with van der Waals surface area (Å²) in [5.41, 5.74) is 2.38. The molecule has 4 rings (SSSR count). The van der Waals surface area contributed by atoms with Crippen LogP contribution in [0.1, 0.15) is 11.1 Å². The molecule has 1 saturated heterocycles. The third-order valence-electron chi connectivity index (χ3n) is 5.35. The van der Waals surface area contributed by atoms with Crippen LogP contribution in [0.2, 0.25) is 0 Å². The molecule has 29 heavy (non-hydrogen) atoms. The SMILES string of the molecule is COc1ccc(CCNC(=O)N2CCN(Cc3ccc4c(c3)OCO4)CC2)cc1. The first-order chi connectivity index (χ1) is 14.2. The molecule has 2 aromatic rings. The minimum absolute atomic E-state index is 0.0150. The lowest BCUT2D eigenvalue weighted by Crippen LogP contribution is -2.51. The van der Waals surface area contributed by atoms with Crippen molar-refractivity contribution in [3.05, 3.63) is 53.6 Å². The van der Waals surface area contributed by atoms with Crippen molar-refractivity contribution in [3.8, 4) is 17.2 Å². The largest absolute Gasteiger partial charge is 0.497 e. The normalized spacial score (nSPS) is 16.0. The minimum atomic E-state index is 0.0150. The number of urea groups is 1. The van der Waals surface area contributed by atoms with E-state index >= 15 is 0 Å². The Hall–Kier alpha value is -2.93. The lowest BCUT2D eigenvalue weighted by molar-refractivity contribution is 0.135. The first kappa shape index (κ1) is 19.4. The Balaban J connectivity index is 1.18. The highest BCUT2D eigenvalue weighted by Gasteiger charge is 2.21. The molecule has 0 atom stereocenters. The minimum Gasteiger partial charge on any atom is -0.497 e. The van der Waals surface area contributed by atoms with E-state index in [1.54, 1.807) is 7.11 Å². The molecule has 0 bridgehead atoms. The maximum absolute atomic E-state index is 12.4. The van der Waals surface area contributed by atoms with Gasteiger partial charge in [-0.2, -0.15) is 0 Å². The van der Waals surface area contributed by atoms with E-state index in [4.69, 9.17) is 14.2 Å². The molecular weight excluding hydrogens is 370 g/mol. The maximum Gasteiger partial charge on any atom is 0.317 e. The summed E-state index contributed by atoms with van der Waals surface area (Å²) in [6, 6.07) is 14.0. The number of ether oxygens (including phenoxy) is 3. The Morgan fingerprint density at radius 2 is 1.72 bits per heavy atom. The first-order valence-electron chi connectivity index (χ1n) is 9.98. The van der Waals surface area contributed by atoms with E-state index in [2.05, 4.69) is 16.3 Å². The molecule has 0 spiro atoms. The summed E-state index contributed by atoms with van der Waals surface area (Å²) in [4.78, 5) is 16.7. The second-order valence-corrected chi connectivity index (χ2v) is 7.28. The Morgan fingerprint density at radius 1 is 1.00 bits per heavy atom. The molecule has 7 nitrogen and oxygen atoms in total. The number of hydrogen-bond donors (Lipinski definition) is 1. The fraction of sp³-hybridized carbons (Fsp3) is 0.409. The summed E-state index contributed by atoms with van der Waals surface area (Å²) in [5.74, 6) is 2.47. The van der Waals surface area contributed by atoms with Gasteiger partial charge in [0.25, 0.3) is 0 Å². The third kappa shape index (κ3) is 4.92. The molecule has 2 aliphatic rings. The second-order valence-electron chi connectivity index (χ2n) is 7.28. The predicted octanol–water partition coefficient (Wildman–Crippen LogP) is 2.49. The Kier molecular flexibility index (Phi) is 6.05. The zero-order valence-corrected chi connectivity index (χ0v) is 16.7. The van der Waals surface area contributed by atoms with Crippen molar-refractivity contribution in [2.75, 3.05) is 46.6 Å². The number of carbonyl (C=O) groups is 1. The fourth-order valence-electron chi connectivity index (χ4n) is 3.62. The van der Waals surface area contributed by atoms with Gasteiger partial charge in [0.2, 0.25) is 6.79 Å². The van der Waals surface area contributed by atoms with Gasteiger partial charge >= 0.3 is 6.03 Å². The van der Waals surface area contributed by atoms with Gasteiger partial charge < -0.3 is 24.4 Å². The molecule has 1 N–H and O–H groups in total. The number of amides is 2. The number of methoxy groups -OCH3 is 1. The predicted molar refractivity (Wildman–Crippen MR) is 110 cm³/mol. The number of piperazine rings is 1. The van der Waals surface area contributed by atoms with Crippen molar-refractivity contribution >= 4 is 6.03 Å². The van der Waals surface area contributed by atoms with E-state index in [0.29, 0.717) is 13.3 Å².